The highest BCUT2D eigenvalue weighted by molar-refractivity contribution is 5.43. The van der Waals surface area contributed by atoms with E-state index in [0.717, 1.165) is 16.9 Å². The number of rotatable bonds is 4. The molecule has 1 aliphatic carbocycles. The lowest BCUT2D eigenvalue weighted by Gasteiger charge is -2.35. The second-order valence-electron chi connectivity index (χ2n) is 5.13. The Bertz CT molecular complexity index is 617. The summed E-state index contributed by atoms with van der Waals surface area (Å²) in [6.07, 6.45) is 5.82. The van der Waals surface area contributed by atoms with Gasteiger partial charge in [-0.1, -0.05) is 72.8 Å². The first-order valence-electron chi connectivity index (χ1n) is 7.02. The molecule has 0 saturated heterocycles. The van der Waals surface area contributed by atoms with Crippen molar-refractivity contribution in [2.45, 2.75) is 5.60 Å². The number of hydrogen-bond acceptors (Lipinski definition) is 2. The van der Waals surface area contributed by atoms with Crippen molar-refractivity contribution >= 4 is 0 Å². The maximum atomic E-state index is 11.6. The number of aliphatic hydroxyl groups is 1. The van der Waals surface area contributed by atoms with Crippen molar-refractivity contribution in [2.75, 3.05) is 7.11 Å². The summed E-state index contributed by atoms with van der Waals surface area (Å²) in [4.78, 5) is 0. The number of hydrogen-bond donors (Lipinski definition) is 1. The molecule has 2 aromatic carbocycles. The van der Waals surface area contributed by atoms with Crippen molar-refractivity contribution in [3.05, 3.63) is 95.8 Å². The monoisotopic (exact) mass is 278 g/mol. The van der Waals surface area contributed by atoms with E-state index in [1.807, 2.05) is 78.9 Å². The van der Waals surface area contributed by atoms with E-state index in [2.05, 4.69) is 0 Å². The van der Waals surface area contributed by atoms with Gasteiger partial charge >= 0.3 is 0 Å². The Balaban J connectivity index is 2.17. The molecule has 0 radical (unpaired) electrons. The van der Waals surface area contributed by atoms with Crippen LogP contribution >= 0.6 is 0 Å². The van der Waals surface area contributed by atoms with Gasteiger partial charge in [0.15, 0.2) is 0 Å². The van der Waals surface area contributed by atoms with Crippen molar-refractivity contribution in [3.8, 4) is 0 Å². The zero-order chi connectivity index (χ0) is 14.7. The fourth-order valence-electron chi connectivity index (χ4n) is 2.91. The van der Waals surface area contributed by atoms with E-state index in [4.69, 9.17) is 4.74 Å². The lowest BCUT2D eigenvalue weighted by Crippen LogP contribution is -2.36. The van der Waals surface area contributed by atoms with Gasteiger partial charge in [0, 0.05) is 0 Å². The van der Waals surface area contributed by atoms with Gasteiger partial charge in [0.25, 0.3) is 0 Å². The van der Waals surface area contributed by atoms with Crippen LogP contribution < -0.4 is 0 Å². The molecule has 1 N–H and O–H groups in total. The maximum Gasteiger partial charge on any atom is 0.128 e. The van der Waals surface area contributed by atoms with Gasteiger partial charge in [0.05, 0.1) is 13.0 Å². The highest BCUT2D eigenvalue weighted by Crippen LogP contribution is 2.43. The van der Waals surface area contributed by atoms with E-state index < -0.39 is 5.60 Å². The van der Waals surface area contributed by atoms with Crippen LogP contribution in [0.5, 0.6) is 0 Å². The van der Waals surface area contributed by atoms with Gasteiger partial charge in [0.1, 0.15) is 11.4 Å². The Morgan fingerprint density at radius 2 is 1.43 bits per heavy atom. The summed E-state index contributed by atoms with van der Waals surface area (Å²) in [5, 5.41) is 11.6. The molecule has 0 bridgehead atoms. The van der Waals surface area contributed by atoms with Gasteiger partial charge < -0.3 is 9.84 Å². The van der Waals surface area contributed by atoms with Crippen LogP contribution in [0.15, 0.2) is 84.7 Å². The summed E-state index contributed by atoms with van der Waals surface area (Å²) in [5.41, 5.74) is 0.573. The van der Waals surface area contributed by atoms with E-state index in [-0.39, 0.29) is 5.92 Å². The third-order valence-electron chi connectivity index (χ3n) is 3.98. The second-order valence-corrected chi connectivity index (χ2v) is 5.13. The molecule has 2 heteroatoms. The maximum absolute atomic E-state index is 11.6. The molecule has 2 nitrogen and oxygen atoms in total. The van der Waals surface area contributed by atoms with E-state index in [0.29, 0.717) is 0 Å². The number of methoxy groups -OCH3 is 1. The normalized spacial score (nSPS) is 17.6. The Labute approximate surface area is 125 Å². The van der Waals surface area contributed by atoms with Crippen LogP contribution in [0.3, 0.4) is 0 Å². The molecule has 0 heterocycles. The molecule has 0 saturated carbocycles. The molecule has 3 rings (SSSR count). The van der Waals surface area contributed by atoms with Gasteiger partial charge in [-0.15, -0.1) is 0 Å². The van der Waals surface area contributed by atoms with Crippen LogP contribution in [0.1, 0.15) is 11.1 Å². The lowest BCUT2D eigenvalue weighted by molar-refractivity contribution is 0.0306. The fraction of sp³-hybridized carbons (Fsp3) is 0.158. The molecule has 0 amide bonds. The Hall–Kier alpha value is -2.32. The van der Waals surface area contributed by atoms with Crippen molar-refractivity contribution in [2.24, 2.45) is 5.92 Å². The molecule has 21 heavy (non-hydrogen) atoms. The molecule has 0 aliphatic heterocycles. The largest absolute Gasteiger partial charge is 0.500 e. The summed E-state index contributed by atoms with van der Waals surface area (Å²) < 4.78 is 5.45. The Morgan fingerprint density at radius 1 is 0.905 bits per heavy atom. The van der Waals surface area contributed by atoms with Crippen molar-refractivity contribution in [3.63, 3.8) is 0 Å². The predicted molar refractivity (Wildman–Crippen MR) is 83.6 cm³/mol. The first-order valence-corrected chi connectivity index (χ1v) is 7.02. The van der Waals surface area contributed by atoms with Crippen LogP contribution in [-0.2, 0) is 10.3 Å². The number of benzene rings is 2. The third-order valence-corrected chi connectivity index (χ3v) is 3.98. The van der Waals surface area contributed by atoms with Gasteiger partial charge in [0.2, 0.25) is 0 Å². The standard InChI is InChI=1S/C19H18O2/c1-21-18-14-8-13-17(18)19(20,15-9-4-2-5-10-15)16-11-6-3-7-12-16/h2-14,17,20H,1H3. The van der Waals surface area contributed by atoms with Gasteiger partial charge in [-0.3, -0.25) is 0 Å². The summed E-state index contributed by atoms with van der Waals surface area (Å²) in [7, 11) is 1.64. The minimum Gasteiger partial charge on any atom is -0.500 e. The first-order chi connectivity index (χ1) is 10.3. The molecule has 0 aromatic heterocycles. The van der Waals surface area contributed by atoms with Crippen LogP contribution in [0, 0.1) is 5.92 Å². The number of ether oxygens (including phenoxy) is 1. The van der Waals surface area contributed by atoms with Crippen LogP contribution in [0.2, 0.25) is 0 Å². The fourth-order valence-corrected chi connectivity index (χ4v) is 2.91. The van der Waals surface area contributed by atoms with Crippen molar-refractivity contribution in [1.82, 2.24) is 0 Å². The van der Waals surface area contributed by atoms with Crippen LogP contribution in [0.4, 0.5) is 0 Å². The summed E-state index contributed by atoms with van der Waals surface area (Å²) in [6.45, 7) is 0. The SMILES string of the molecule is COC1=CC=CC1C(O)(c1ccccc1)c1ccccc1. The van der Waals surface area contributed by atoms with Gasteiger partial charge in [-0.2, -0.15) is 0 Å². The molecule has 2 aromatic rings. The molecule has 1 atom stereocenters. The number of allylic oxidation sites excluding steroid dienone is 2. The quantitative estimate of drug-likeness (QED) is 0.925. The molecule has 0 spiro atoms. The summed E-state index contributed by atoms with van der Waals surface area (Å²) in [5.74, 6) is 0.539. The minimum atomic E-state index is -1.14. The minimum absolute atomic E-state index is 0.229. The molecule has 106 valence electrons. The van der Waals surface area contributed by atoms with E-state index >= 15 is 0 Å². The molecule has 0 fully saturated rings. The smallest absolute Gasteiger partial charge is 0.128 e. The zero-order valence-electron chi connectivity index (χ0n) is 11.9. The van der Waals surface area contributed by atoms with Gasteiger partial charge in [-0.25, -0.2) is 0 Å². The lowest BCUT2D eigenvalue weighted by atomic mass is 9.76. The van der Waals surface area contributed by atoms with E-state index in [9.17, 15) is 5.11 Å². The topological polar surface area (TPSA) is 29.5 Å². The highest BCUT2D eigenvalue weighted by Gasteiger charge is 2.42. The van der Waals surface area contributed by atoms with E-state index in [1.165, 1.54) is 0 Å². The molecular weight excluding hydrogens is 260 g/mol. The summed E-state index contributed by atoms with van der Waals surface area (Å²) >= 11 is 0. The Morgan fingerprint density at radius 3 is 1.90 bits per heavy atom. The molecule has 1 aliphatic rings. The van der Waals surface area contributed by atoms with Crippen LogP contribution in [0.25, 0.3) is 0 Å². The second kappa shape index (κ2) is 5.58. The average Bonchev–Trinajstić information content (AvgIpc) is 3.05. The van der Waals surface area contributed by atoms with Crippen molar-refractivity contribution in [1.29, 1.82) is 0 Å². The summed E-state index contributed by atoms with van der Waals surface area (Å²) in [6, 6.07) is 19.5. The molecule has 1 unspecified atom stereocenters. The van der Waals surface area contributed by atoms with Gasteiger partial charge in [-0.05, 0) is 17.2 Å². The highest BCUT2D eigenvalue weighted by atomic mass is 16.5. The third kappa shape index (κ3) is 2.28. The average molecular weight is 278 g/mol. The van der Waals surface area contributed by atoms with E-state index in [1.54, 1.807) is 7.11 Å². The first kappa shape index (κ1) is 13.7. The van der Waals surface area contributed by atoms with Crippen LogP contribution in [-0.4, -0.2) is 12.2 Å². The van der Waals surface area contributed by atoms with Crippen molar-refractivity contribution < 1.29 is 9.84 Å². The molecular formula is C19H18O2. The Kier molecular flexibility index (Phi) is 3.63. The predicted octanol–water partition coefficient (Wildman–Crippen LogP) is 3.64. The zero-order valence-corrected chi connectivity index (χ0v) is 11.9.